The molecule has 2 amide bonds. The Balaban J connectivity index is 1.83. The third kappa shape index (κ3) is 8.81. The monoisotopic (exact) mass is 681 g/mol. The van der Waals surface area contributed by atoms with E-state index in [-0.39, 0.29) is 46.1 Å². The van der Waals surface area contributed by atoms with Crippen molar-refractivity contribution >= 4 is 50.7 Å². The predicted molar refractivity (Wildman–Crippen MR) is 183 cm³/mol. The van der Waals surface area contributed by atoms with Gasteiger partial charge in [-0.05, 0) is 53.4 Å². The summed E-state index contributed by atoms with van der Waals surface area (Å²) in [6, 6.07) is 27.8. The summed E-state index contributed by atoms with van der Waals surface area (Å²) in [5.74, 6) is -0.531. The highest BCUT2D eigenvalue weighted by atomic mass is 35.5. The lowest BCUT2D eigenvalue weighted by Crippen LogP contribution is -2.53. The van der Waals surface area contributed by atoms with Crippen molar-refractivity contribution in [2.24, 2.45) is 5.92 Å². The van der Waals surface area contributed by atoms with Gasteiger partial charge in [-0.3, -0.25) is 13.9 Å². The highest BCUT2D eigenvalue weighted by Gasteiger charge is 2.35. The molecule has 1 atom stereocenters. The Bertz CT molecular complexity index is 1740. The van der Waals surface area contributed by atoms with Crippen molar-refractivity contribution in [3.05, 3.63) is 124 Å². The van der Waals surface area contributed by atoms with Gasteiger partial charge < -0.3 is 15.0 Å². The number of hydrogen-bond acceptors (Lipinski definition) is 5. The van der Waals surface area contributed by atoms with Crippen LogP contribution in [0, 0.1) is 5.92 Å². The molecule has 11 heteroatoms. The number of rotatable bonds is 14. The number of para-hydroxylation sites is 2. The van der Waals surface area contributed by atoms with E-state index in [0.29, 0.717) is 17.1 Å². The fraction of sp³-hybridized carbons (Fsp3) is 0.257. The normalized spacial score (nSPS) is 12.0. The molecule has 0 aliphatic heterocycles. The number of methoxy groups -OCH3 is 1. The molecule has 0 aromatic heterocycles. The topological polar surface area (TPSA) is 96.0 Å². The number of carbonyl (C=O) groups excluding carboxylic acids is 2. The molecule has 0 aliphatic rings. The molecule has 242 valence electrons. The summed E-state index contributed by atoms with van der Waals surface area (Å²) >= 11 is 12.5. The van der Waals surface area contributed by atoms with Crippen molar-refractivity contribution in [1.82, 2.24) is 10.2 Å². The van der Waals surface area contributed by atoms with Crippen LogP contribution >= 0.6 is 23.2 Å². The fourth-order valence-corrected chi connectivity index (χ4v) is 6.65. The quantitative estimate of drug-likeness (QED) is 0.162. The van der Waals surface area contributed by atoms with E-state index in [1.165, 1.54) is 24.1 Å². The second-order valence-corrected chi connectivity index (χ2v) is 13.8. The molecule has 0 saturated carbocycles. The standard InChI is InChI=1S/C35H37Cl2N3O5S/c1-25(2)22-38-35(42)32(21-26-12-6-4-7-13-26)39(23-27-18-19-29(36)30(37)20-27)34(41)24-40(31-16-10-11-17-33(31)45-3)46(43,44)28-14-8-5-9-15-28/h4-20,25,32H,21-24H2,1-3H3,(H,38,42)/t32-/m0/s1. The number of ether oxygens (including phenoxy) is 1. The number of nitrogens with one attached hydrogen (secondary N) is 1. The molecule has 8 nitrogen and oxygen atoms in total. The van der Waals surface area contributed by atoms with Gasteiger partial charge in [-0.15, -0.1) is 0 Å². The second-order valence-electron chi connectivity index (χ2n) is 11.1. The third-order valence-corrected chi connectivity index (χ3v) is 9.77. The molecule has 0 unspecified atom stereocenters. The number of hydrogen-bond donors (Lipinski definition) is 1. The third-order valence-electron chi connectivity index (χ3n) is 7.26. The van der Waals surface area contributed by atoms with Crippen LogP contribution in [0.5, 0.6) is 5.75 Å². The second kappa shape index (κ2) is 16.0. The van der Waals surface area contributed by atoms with Gasteiger partial charge in [0.15, 0.2) is 0 Å². The highest BCUT2D eigenvalue weighted by Crippen LogP contribution is 2.33. The van der Waals surface area contributed by atoms with Gasteiger partial charge in [0.1, 0.15) is 18.3 Å². The first-order valence-electron chi connectivity index (χ1n) is 14.8. The number of amides is 2. The largest absolute Gasteiger partial charge is 0.495 e. The summed E-state index contributed by atoms with van der Waals surface area (Å²) in [6.45, 7) is 3.71. The summed E-state index contributed by atoms with van der Waals surface area (Å²) in [5.41, 5.74) is 1.63. The Kier molecular flexibility index (Phi) is 12.1. The molecule has 0 fully saturated rings. The van der Waals surface area contributed by atoms with Gasteiger partial charge in [-0.2, -0.15) is 0 Å². The molecule has 0 bridgehead atoms. The minimum Gasteiger partial charge on any atom is -0.495 e. The summed E-state index contributed by atoms with van der Waals surface area (Å²) in [4.78, 5) is 29.9. The molecule has 0 spiro atoms. The number of nitrogens with zero attached hydrogens (tertiary/aromatic N) is 2. The maximum atomic E-state index is 14.6. The van der Waals surface area contributed by atoms with E-state index in [4.69, 9.17) is 27.9 Å². The Morgan fingerprint density at radius 3 is 2.09 bits per heavy atom. The average Bonchev–Trinajstić information content (AvgIpc) is 3.06. The molecule has 0 heterocycles. The van der Waals surface area contributed by atoms with Crippen LogP contribution in [0.25, 0.3) is 0 Å². The smallest absolute Gasteiger partial charge is 0.264 e. The molecule has 0 saturated heterocycles. The molecular weight excluding hydrogens is 645 g/mol. The summed E-state index contributed by atoms with van der Waals surface area (Å²) in [6.07, 6.45) is 0.192. The first kappa shape index (κ1) is 34.8. The van der Waals surface area contributed by atoms with Crippen molar-refractivity contribution in [3.8, 4) is 5.75 Å². The minimum absolute atomic E-state index is 0.000233. The lowest BCUT2D eigenvalue weighted by Gasteiger charge is -2.34. The summed E-state index contributed by atoms with van der Waals surface area (Å²) in [5, 5.41) is 3.60. The van der Waals surface area contributed by atoms with Crippen LogP contribution in [-0.2, 0) is 32.6 Å². The van der Waals surface area contributed by atoms with Crippen LogP contribution in [0.1, 0.15) is 25.0 Å². The van der Waals surface area contributed by atoms with Crippen LogP contribution in [-0.4, -0.2) is 51.4 Å². The fourth-order valence-electron chi connectivity index (χ4n) is 4.88. The Morgan fingerprint density at radius 1 is 0.826 bits per heavy atom. The predicted octanol–water partition coefficient (Wildman–Crippen LogP) is 6.61. The molecule has 0 radical (unpaired) electrons. The number of anilines is 1. The van der Waals surface area contributed by atoms with Crippen LogP contribution in [0.3, 0.4) is 0 Å². The van der Waals surface area contributed by atoms with Crippen LogP contribution in [0.2, 0.25) is 10.0 Å². The van der Waals surface area contributed by atoms with E-state index >= 15 is 0 Å². The SMILES string of the molecule is COc1ccccc1N(CC(=O)N(Cc1ccc(Cl)c(Cl)c1)[C@@H](Cc1ccccc1)C(=O)NCC(C)C)S(=O)(=O)c1ccccc1. The van der Waals surface area contributed by atoms with Gasteiger partial charge in [-0.1, -0.05) is 104 Å². The zero-order valence-corrected chi connectivity index (χ0v) is 28.2. The molecule has 4 rings (SSSR count). The van der Waals surface area contributed by atoms with Crippen molar-refractivity contribution in [1.29, 1.82) is 0 Å². The van der Waals surface area contributed by atoms with E-state index in [1.54, 1.807) is 60.7 Å². The first-order valence-corrected chi connectivity index (χ1v) is 17.0. The van der Waals surface area contributed by atoms with Gasteiger partial charge in [0, 0.05) is 19.5 Å². The van der Waals surface area contributed by atoms with Crippen LogP contribution in [0.4, 0.5) is 5.69 Å². The van der Waals surface area contributed by atoms with E-state index < -0.39 is 28.5 Å². The molecule has 0 aliphatic carbocycles. The van der Waals surface area contributed by atoms with E-state index in [2.05, 4.69) is 5.32 Å². The maximum absolute atomic E-state index is 14.6. The Hall–Kier alpha value is -4.05. The molecule has 4 aromatic rings. The van der Waals surface area contributed by atoms with Gasteiger partial charge >= 0.3 is 0 Å². The number of benzene rings is 4. The molecule has 1 N–H and O–H groups in total. The minimum atomic E-state index is -4.26. The first-order chi connectivity index (χ1) is 22.0. The van der Waals surface area contributed by atoms with E-state index in [9.17, 15) is 18.0 Å². The number of halogens is 2. The van der Waals surface area contributed by atoms with Gasteiger partial charge in [0.2, 0.25) is 11.8 Å². The highest BCUT2D eigenvalue weighted by molar-refractivity contribution is 7.92. The van der Waals surface area contributed by atoms with E-state index in [1.807, 2.05) is 44.2 Å². The lowest BCUT2D eigenvalue weighted by atomic mass is 10.0. The number of carbonyl (C=O) groups is 2. The number of sulfonamides is 1. The molecule has 4 aromatic carbocycles. The average molecular weight is 683 g/mol. The van der Waals surface area contributed by atoms with Crippen molar-refractivity contribution < 1.29 is 22.7 Å². The van der Waals surface area contributed by atoms with Gasteiger partial charge in [0.25, 0.3) is 10.0 Å². The van der Waals surface area contributed by atoms with Crippen molar-refractivity contribution in [3.63, 3.8) is 0 Å². The Labute approximate surface area is 280 Å². The zero-order chi connectivity index (χ0) is 33.3. The summed E-state index contributed by atoms with van der Waals surface area (Å²) < 4.78 is 34.9. The van der Waals surface area contributed by atoms with E-state index in [0.717, 1.165) is 9.87 Å². The lowest BCUT2D eigenvalue weighted by molar-refractivity contribution is -0.140. The van der Waals surface area contributed by atoms with Crippen molar-refractivity contribution in [2.75, 3.05) is 24.5 Å². The molecular formula is C35H37Cl2N3O5S. The van der Waals surface area contributed by atoms with Crippen molar-refractivity contribution in [2.45, 2.75) is 37.8 Å². The van der Waals surface area contributed by atoms with Gasteiger partial charge in [0.05, 0.1) is 27.7 Å². The van der Waals surface area contributed by atoms with Crippen LogP contribution in [0.15, 0.2) is 108 Å². The summed E-state index contributed by atoms with van der Waals surface area (Å²) in [7, 11) is -2.83. The van der Waals surface area contributed by atoms with Crippen LogP contribution < -0.4 is 14.4 Å². The molecule has 46 heavy (non-hydrogen) atoms. The Morgan fingerprint density at radius 2 is 1.46 bits per heavy atom. The zero-order valence-electron chi connectivity index (χ0n) is 25.9. The maximum Gasteiger partial charge on any atom is 0.264 e. The van der Waals surface area contributed by atoms with Gasteiger partial charge in [-0.25, -0.2) is 8.42 Å².